The van der Waals surface area contributed by atoms with Gasteiger partial charge in [0.2, 0.25) is 0 Å². The zero-order chi connectivity index (χ0) is 27.1. The van der Waals surface area contributed by atoms with E-state index in [4.69, 9.17) is 4.74 Å². The van der Waals surface area contributed by atoms with Crippen LogP contribution in [-0.4, -0.2) is 47.8 Å². The molecule has 4 rings (SSSR count). The van der Waals surface area contributed by atoms with Gasteiger partial charge in [-0.3, -0.25) is 14.9 Å². The van der Waals surface area contributed by atoms with Crippen LogP contribution in [0.2, 0.25) is 0 Å². The van der Waals surface area contributed by atoms with Gasteiger partial charge in [0.25, 0.3) is 17.4 Å². The highest BCUT2D eigenvalue weighted by molar-refractivity contribution is 7.99. The van der Waals surface area contributed by atoms with Gasteiger partial charge in [0, 0.05) is 41.5 Å². The monoisotopic (exact) mass is 538 g/mol. The summed E-state index contributed by atoms with van der Waals surface area (Å²) in [7, 11) is 0. The minimum Gasteiger partial charge on any atom is -0.378 e. The Morgan fingerprint density at radius 2 is 1.92 bits per heavy atom. The molecule has 2 aromatic carbocycles. The van der Waals surface area contributed by atoms with Crippen LogP contribution in [0.5, 0.6) is 0 Å². The van der Waals surface area contributed by atoms with Crippen LogP contribution < -0.4 is 5.32 Å². The molecular weight excluding hydrogens is 514 g/mol. The topological polar surface area (TPSA) is 108 Å². The molecule has 1 N–H and O–H groups in total. The summed E-state index contributed by atoms with van der Waals surface area (Å²) in [6.07, 6.45) is 4.72. The molecule has 0 bridgehead atoms. The molecule has 0 radical (unpaired) electrons. The number of ether oxygens (including phenoxy) is 1. The van der Waals surface area contributed by atoms with E-state index in [0.717, 1.165) is 16.8 Å². The Hall–Kier alpha value is -4.01. The number of thioether (sulfide) groups is 1. The second-order valence-electron chi connectivity index (χ2n) is 8.52. The number of benzene rings is 2. The zero-order valence-electron chi connectivity index (χ0n) is 20.2. The van der Waals surface area contributed by atoms with E-state index in [1.807, 2.05) is 12.1 Å². The molecule has 1 amide bonds. The fourth-order valence-electron chi connectivity index (χ4n) is 4.36. The van der Waals surface area contributed by atoms with Crippen LogP contribution in [0, 0.1) is 21.4 Å². The van der Waals surface area contributed by atoms with E-state index in [1.165, 1.54) is 36.4 Å². The summed E-state index contributed by atoms with van der Waals surface area (Å²) in [5.74, 6) is -3.15. The van der Waals surface area contributed by atoms with Gasteiger partial charge in [-0.25, -0.2) is 0 Å². The second kappa shape index (κ2) is 12.5. The van der Waals surface area contributed by atoms with Gasteiger partial charge in [0.1, 0.15) is 11.6 Å². The number of rotatable bonds is 8. The predicted molar refractivity (Wildman–Crippen MR) is 140 cm³/mol. The fourth-order valence-corrected chi connectivity index (χ4v) is 4.86. The van der Waals surface area contributed by atoms with Crippen LogP contribution in [0.15, 0.2) is 81.9 Å². The number of non-ortho nitro benzene ring substituents is 1. The van der Waals surface area contributed by atoms with Gasteiger partial charge in [0.15, 0.2) is 0 Å². The van der Waals surface area contributed by atoms with Gasteiger partial charge in [-0.05, 0) is 66.0 Å². The van der Waals surface area contributed by atoms with E-state index in [0.29, 0.717) is 67.1 Å². The number of halogens is 2. The maximum Gasteiger partial charge on any atom is 0.288 e. The number of nitro benzene ring substituents is 1. The first kappa shape index (κ1) is 27.0. The Kier molecular flexibility index (Phi) is 8.89. The predicted octanol–water partition coefficient (Wildman–Crippen LogP) is 5.76. The lowest BCUT2D eigenvalue weighted by Gasteiger charge is -2.31. The van der Waals surface area contributed by atoms with Crippen molar-refractivity contribution >= 4 is 35.1 Å². The normalized spacial score (nSPS) is 17.2. The van der Waals surface area contributed by atoms with E-state index in [-0.39, 0.29) is 11.3 Å². The van der Waals surface area contributed by atoms with Gasteiger partial charge in [-0.2, -0.15) is 14.0 Å². The fraction of sp³-hybridized carbons (Fsp3) is 0.259. The molecule has 1 aliphatic carbocycles. The standard InChI is InChI=1S/C27H24F2N4O4S/c28-27(29)38-24-8-6-22(7-9-24)31-26(34)21(17-30)16-20-5-4-19(25(20)32-10-12-37-13-11-32)14-18-2-1-3-23(15-18)33(35)36/h1-3,6-9,14-16,27H,4-5,10-13H2,(H,31,34)/b19-14-,21-16?. The van der Waals surface area contributed by atoms with Crippen molar-refractivity contribution in [2.75, 3.05) is 31.6 Å². The SMILES string of the molecule is N#CC(=CC1=C(N2CCOCC2)/C(=C\c2cccc([N+](=O)[O-])c2)CC1)C(=O)Nc1ccc(SC(F)F)cc1. The average molecular weight is 539 g/mol. The number of alkyl halides is 2. The Labute approximate surface area is 222 Å². The van der Waals surface area contributed by atoms with Crippen molar-refractivity contribution in [1.82, 2.24) is 4.90 Å². The summed E-state index contributed by atoms with van der Waals surface area (Å²) < 4.78 is 30.6. The van der Waals surface area contributed by atoms with Crippen LogP contribution in [0.1, 0.15) is 18.4 Å². The molecule has 1 aliphatic heterocycles. The molecule has 0 atom stereocenters. The number of anilines is 1. The summed E-state index contributed by atoms with van der Waals surface area (Å²) in [6.45, 7) is 2.35. The van der Waals surface area contributed by atoms with Crippen LogP contribution >= 0.6 is 11.8 Å². The molecule has 0 saturated carbocycles. The number of carbonyl (C=O) groups excluding carboxylic acids is 1. The van der Waals surface area contributed by atoms with E-state index < -0.39 is 16.6 Å². The van der Waals surface area contributed by atoms with Crippen molar-refractivity contribution in [2.24, 2.45) is 0 Å². The number of morpholine rings is 1. The van der Waals surface area contributed by atoms with Crippen LogP contribution in [0.4, 0.5) is 20.2 Å². The Balaban J connectivity index is 1.63. The van der Waals surface area contributed by atoms with E-state index >= 15 is 0 Å². The van der Waals surface area contributed by atoms with Crippen molar-refractivity contribution in [1.29, 1.82) is 5.26 Å². The van der Waals surface area contributed by atoms with Gasteiger partial charge >= 0.3 is 0 Å². The van der Waals surface area contributed by atoms with Gasteiger partial charge < -0.3 is 15.0 Å². The van der Waals surface area contributed by atoms with Crippen molar-refractivity contribution in [3.8, 4) is 6.07 Å². The number of carbonyl (C=O) groups is 1. The van der Waals surface area contributed by atoms with Crippen LogP contribution in [-0.2, 0) is 9.53 Å². The number of hydrogen-bond acceptors (Lipinski definition) is 7. The summed E-state index contributed by atoms with van der Waals surface area (Å²) in [6, 6.07) is 14.3. The van der Waals surface area contributed by atoms with Crippen molar-refractivity contribution in [3.63, 3.8) is 0 Å². The molecule has 11 heteroatoms. The van der Waals surface area contributed by atoms with E-state index in [2.05, 4.69) is 10.2 Å². The molecule has 2 aliphatic rings. The highest BCUT2D eigenvalue weighted by Crippen LogP contribution is 2.37. The lowest BCUT2D eigenvalue weighted by Crippen LogP contribution is -2.36. The molecule has 1 heterocycles. The number of hydrogen-bond donors (Lipinski definition) is 1. The molecule has 0 unspecified atom stereocenters. The maximum atomic E-state index is 12.9. The molecule has 0 aromatic heterocycles. The molecule has 196 valence electrons. The third-order valence-electron chi connectivity index (χ3n) is 6.04. The summed E-state index contributed by atoms with van der Waals surface area (Å²) >= 11 is 0.407. The van der Waals surface area contributed by atoms with E-state index in [1.54, 1.807) is 18.2 Å². The quantitative estimate of drug-likeness (QED) is 0.150. The van der Waals surface area contributed by atoms with Crippen LogP contribution in [0.25, 0.3) is 6.08 Å². The molecule has 38 heavy (non-hydrogen) atoms. The third kappa shape index (κ3) is 6.85. The van der Waals surface area contributed by atoms with Gasteiger partial charge in [0.05, 0.1) is 18.1 Å². The number of nitrogens with zero attached hydrogens (tertiary/aromatic N) is 3. The number of nitriles is 1. The molecule has 2 aromatic rings. The number of nitrogens with one attached hydrogen (secondary N) is 1. The second-order valence-corrected chi connectivity index (χ2v) is 9.59. The van der Waals surface area contributed by atoms with Gasteiger partial charge in [-0.1, -0.05) is 23.9 Å². The largest absolute Gasteiger partial charge is 0.378 e. The van der Waals surface area contributed by atoms with Crippen LogP contribution in [0.3, 0.4) is 0 Å². The number of nitro groups is 1. The number of amides is 1. The first-order valence-electron chi connectivity index (χ1n) is 11.8. The maximum absolute atomic E-state index is 12.9. The molecule has 8 nitrogen and oxygen atoms in total. The van der Waals surface area contributed by atoms with Gasteiger partial charge in [-0.15, -0.1) is 0 Å². The smallest absolute Gasteiger partial charge is 0.288 e. The Morgan fingerprint density at radius 1 is 1.18 bits per heavy atom. The third-order valence-corrected chi connectivity index (χ3v) is 6.76. The minimum atomic E-state index is -2.54. The highest BCUT2D eigenvalue weighted by atomic mass is 32.2. The first-order chi connectivity index (χ1) is 18.3. The Morgan fingerprint density at radius 3 is 2.58 bits per heavy atom. The van der Waals surface area contributed by atoms with Crippen molar-refractivity contribution in [2.45, 2.75) is 23.5 Å². The molecule has 1 fully saturated rings. The van der Waals surface area contributed by atoms with Crippen molar-refractivity contribution in [3.05, 3.63) is 92.7 Å². The molecular formula is C27H24F2N4O4S. The highest BCUT2D eigenvalue weighted by Gasteiger charge is 2.26. The lowest BCUT2D eigenvalue weighted by molar-refractivity contribution is -0.384. The first-order valence-corrected chi connectivity index (χ1v) is 12.7. The summed E-state index contributed by atoms with van der Waals surface area (Å²) in [5.41, 5.74) is 3.66. The summed E-state index contributed by atoms with van der Waals surface area (Å²) in [5, 5.41) is 23.6. The zero-order valence-corrected chi connectivity index (χ0v) is 21.0. The molecule has 1 saturated heterocycles. The minimum absolute atomic E-state index is 0.00126. The Bertz CT molecular complexity index is 1340. The molecule has 0 spiro atoms. The van der Waals surface area contributed by atoms with E-state index in [9.17, 15) is 29.0 Å². The average Bonchev–Trinajstić information content (AvgIpc) is 3.30. The van der Waals surface area contributed by atoms with Crippen molar-refractivity contribution < 1.29 is 23.2 Å². The number of allylic oxidation sites excluding steroid dienone is 3. The summed E-state index contributed by atoms with van der Waals surface area (Å²) in [4.78, 5) is 26.2. The lowest BCUT2D eigenvalue weighted by atomic mass is 10.1.